The Kier molecular flexibility index (Phi) is 4.80. The lowest BCUT2D eigenvalue weighted by molar-refractivity contribution is 0.251. The second-order valence-corrected chi connectivity index (χ2v) is 5.80. The van der Waals surface area contributed by atoms with Gasteiger partial charge in [0.2, 0.25) is 0 Å². The highest BCUT2D eigenvalue weighted by Gasteiger charge is 2.34. The molecule has 1 atom stereocenters. The summed E-state index contributed by atoms with van der Waals surface area (Å²) in [5, 5.41) is 0. The van der Waals surface area contributed by atoms with Crippen molar-refractivity contribution in [2.75, 3.05) is 18.4 Å². The normalized spacial score (nSPS) is 18.5. The van der Waals surface area contributed by atoms with Crippen molar-refractivity contribution in [2.24, 2.45) is 5.41 Å². The molecule has 0 spiro atoms. The lowest BCUT2D eigenvalue weighted by atomic mass is 9.77. The standard InChI is InChI=1S/C15H20Cl2O/c1-2-7-15(10-16,11-17)8-12-9-18-14-6-4-3-5-13(12)14/h3-6,12H,2,7-11H2,1H3. The highest BCUT2D eigenvalue weighted by atomic mass is 35.5. The Morgan fingerprint density at radius 2 is 2.00 bits per heavy atom. The minimum absolute atomic E-state index is 0.0450. The molecule has 18 heavy (non-hydrogen) atoms. The Morgan fingerprint density at radius 1 is 1.28 bits per heavy atom. The zero-order valence-corrected chi connectivity index (χ0v) is 12.3. The number of benzene rings is 1. The molecule has 1 unspecified atom stereocenters. The predicted molar refractivity (Wildman–Crippen MR) is 78.1 cm³/mol. The fourth-order valence-electron chi connectivity index (χ4n) is 2.83. The van der Waals surface area contributed by atoms with Crippen LogP contribution < -0.4 is 4.74 Å². The largest absolute Gasteiger partial charge is 0.493 e. The number of hydrogen-bond donors (Lipinski definition) is 0. The first-order chi connectivity index (χ1) is 8.74. The minimum Gasteiger partial charge on any atom is -0.493 e. The molecule has 1 aliphatic heterocycles. The van der Waals surface area contributed by atoms with Gasteiger partial charge >= 0.3 is 0 Å². The molecule has 1 aromatic carbocycles. The number of hydrogen-bond acceptors (Lipinski definition) is 1. The van der Waals surface area contributed by atoms with Gasteiger partial charge in [0.1, 0.15) is 5.75 Å². The second-order valence-electron chi connectivity index (χ2n) is 5.27. The van der Waals surface area contributed by atoms with Crippen LogP contribution in [0.25, 0.3) is 0 Å². The quantitative estimate of drug-likeness (QED) is 0.682. The van der Waals surface area contributed by atoms with Crippen LogP contribution in [0.1, 0.15) is 37.7 Å². The molecule has 2 rings (SSSR count). The Hall–Kier alpha value is -0.400. The van der Waals surface area contributed by atoms with Crippen molar-refractivity contribution in [3.05, 3.63) is 29.8 Å². The van der Waals surface area contributed by atoms with Gasteiger partial charge in [0.25, 0.3) is 0 Å². The van der Waals surface area contributed by atoms with E-state index < -0.39 is 0 Å². The number of fused-ring (bicyclic) bond motifs is 1. The van der Waals surface area contributed by atoms with Crippen LogP contribution in [0, 0.1) is 5.41 Å². The van der Waals surface area contributed by atoms with Crippen LogP contribution in [0.5, 0.6) is 5.75 Å². The molecule has 1 nitrogen and oxygen atoms in total. The van der Waals surface area contributed by atoms with Gasteiger partial charge in [0.05, 0.1) is 6.61 Å². The molecule has 0 aliphatic carbocycles. The topological polar surface area (TPSA) is 9.23 Å². The number of para-hydroxylation sites is 1. The summed E-state index contributed by atoms with van der Waals surface area (Å²) in [5.74, 6) is 2.72. The van der Waals surface area contributed by atoms with E-state index in [1.807, 2.05) is 12.1 Å². The summed E-state index contributed by atoms with van der Waals surface area (Å²) in [4.78, 5) is 0. The van der Waals surface area contributed by atoms with Crippen molar-refractivity contribution in [3.8, 4) is 5.75 Å². The molecule has 0 saturated carbocycles. The van der Waals surface area contributed by atoms with Crippen LogP contribution in [-0.2, 0) is 0 Å². The molecule has 3 heteroatoms. The van der Waals surface area contributed by atoms with E-state index in [-0.39, 0.29) is 5.41 Å². The summed E-state index contributed by atoms with van der Waals surface area (Å²) in [6.45, 7) is 2.95. The maximum Gasteiger partial charge on any atom is 0.122 e. The molecule has 0 bridgehead atoms. The summed E-state index contributed by atoms with van der Waals surface area (Å²) in [7, 11) is 0. The van der Waals surface area contributed by atoms with Crippen molar-refractivity contribution in [3.63, 3.8) is 0 Å². The first-order valence-corrected chi connectivity index (χ1v) is 7.65. The third-order valence-electron chi connectivity index (χ3n) is 3.83. The molecule has 100 valence electrons. The average Bonchev–Trinajstić information content (AvgIpc) is 2.81. The van der Waals surface area contributed by atoms with Gasteiger partial charge in [-0.3, -0.25) is 0 Å². The number of alkyl halides is 2. The monoisotopic (exact) mass is 286 g/mol. The summed E-state index contributed by atoms with van der Waals surface area (Å²) in [6.07, 6.45) is 3.22. The maximum atomic E-state index is 6.18. The fraction of sp³-hybridized carbons (Fsp3) is 0.600. The highest BCUT2D eigenvalue weighted by molar-refractivity contribution is 6.21. The van der Waals surface area contributed by atoms with E-state index in [1.54, 1.807) is 0 Å². The summed E-state index contributed by atoms with van der Waals surface area (Å²) in [6, 6.07) is 8.29. The molecule has 0 radical (unpaired) electrons. The van der Waals surface area contributed by atoms with Crippen molar-refractivity contribution >= 4 is 23.2 Å². The second kappa shape index (κ2) is 6.16. The molecule has 1 heterocycles. The SMILES string of the molecule is CCCC(CCl)(CCl)CC1COc2ccccc21. The van der Waals surface area contributed by atoms with E-state index in [9.17, 15) is 0 Å². The van der Waals surface area contributed by atoms with Gasteiger partial charge in [-0.15, -0.1) is 23.2 Å². The van der Waals surface area contributed by atoms with Gasteiger partial charge in [0.15, 0.2) is 0 Å². The first kappa shape index (κ1) is 14.0. The van der Waals surface area contributed by atoms with Crippen molar-refractivity contribution in [1.82, 2.24) is 0 Å². The first-order valence-electron chi connectivity index (χ1n) is 6.58. The van der Waals surface area contributed by atoms with Crippen LogP contribution >= 0.6 is 23.2 Å². The number of ether oxygens (including phenoxy) is 1. The van der Waals surface area contributed by atoms with E-state index in [2.05, 4.69) is 19.1 Å². The van der Waals surface area contributed by atoms with Gasteiger partial charge < -0.3 is 4.74 Å². The van der Waals surface area contributed by atoms with Crippen molar-refractivity contribution < 1.29 is 4.74 Å². The Morgan fingerprint density at radius 3 is 2.67 bits per heavy atom. The summed E-state index contributed by atoms with van der Waals surface area (Å²) < 4.78 is 5.74. The molecule has 0 saturated heterocycles. The van der Waals surface area contributed by atoms with Gasteiger partial charge in [-0.2, -0.15) is 0 Å². The third kappa shape index (κ3) is 2.78. The van der Waals surface area contributed by atoms with Crippen molar-refractivity contribution in [1.29, 1.82) is 0 Å². The lowest BCUT2D eigenvalue weighted by Crippen LogP contribution is -2.28. The molecule has 0 amide bonds. The van der Waals surface area contributed by atoms with E-state index >= 15 is 0 Å². The van der Waals surface area contributed by atoms with E-state index in [0.29, 0.717) is 17.7 Å². The van der Waals surface area contributed by atoms with Crippen LogP contribution in [0.3, 0.4) is 0 Å². The number of halogens is 2. The van der Waals surface area contributed by atoms with E-state index in [1.165, 1.54) is 5.56 Å². The predicted octanol–water partition coefficient (Wildman–Crippen LogP) is 4.82. The van der Waals surface area contributed by atoms with Crippen molar-refractivity contribution in [2.45, 2.75) is 32.1 Å². The Bertz CT molecular complexity index is 388. The van der Waals surface area contributed by atoms with Gasteiger partial charge in [0, 0.05) is 23.2 Å². The smallest absolute Gasteiger partial charge is 0.122 e. The summed E-state index contributed by atoms with van der Waals surface area (Å²) >= 11 is 12.4. The third-order valence-corrected chi connectivity index (χ3v) is 4.96. The average molecular weight is 287 g/mol. The Balaban J connectivity index is 2.14. The van der Waals surface area contributed by atoms with Gasteiger partial charge in [-0.1, -0.05) is 31.5 Å². The Labute approximate surface area is 119 Å². The molecule has 0 N–H and O–H groups in total. The zero-order valence-electron chi connectivity index (χ0n) is 10.8. The molecular weight excluding hydrogens is 267 g/mol. The van der Waals surface area contributed by atoms with Gasteiger partial charge in [-0.05, 0) is 24.3 Å². The van der Waals surface area contributed by atoms with Crippen LogP contribution in [0.4, 0.5) is 0 Å². The molecule has 0 aromatic heterocycles. The maximum absolute atomic E-state index is 6.18. The molecule has 0 fully saturated rings. The van der Waals surface area contributed by atoms with Crippen LogP contribution in [0.2, 0.25) is 0 Å². The van der Waals surface area contributed by atoms with E-state index in [4.69, 9.17) is 27.9 Å². The van der Waals surface area contributed by atoms with Crippen LogP contribution in [0.15, 0.2) is 24.3 Å². The molecule has 1 aromatic rings. The lowest BCUT2D eigenvalue weighted by Gasteiger charge is -2.31. The zero-order chi connectivity index (χ0) is 13.0. The summed E-state index contributed by atoms with van der Waals surface area (Å²) in [5.41, 5.74) is 1.36. The van der Waals surface area contributed by atoms with E-state index in [0.717, 1.165) is 31.6 Å². The molecular formula is C15H20Cl2O. The van der Waals surface area contributed by atoms with Crippen LogP contribution in [-0.4, -0.2) is 18.4 Å². The van der Waals surface area contributed by atoms with Gasteiger partial charge in [-0.25, -0.2) is 0 Å². The fourth-order valence-corrected chi connectivity index (χ4v) is 3.60. The molecule has 1 aliphatic rings. The highest BCUT2D eigenvalue weighted by Crippen LogP contribution is 2.43. The minimum atomic E-state index is 0.0450. The number of rotatable bonds is 6.